The average molecular weight is 479 g/mol. The van der Waals surface area contributed by atoms with Gasteiger partial charge in [0.15, 0.2) is 9.84 Å². The number of carbonyl (C=O) groups is 1. The number of pyridine rings is 1. The minimum Gasteiger partial charge on any atom is -0.386 e. The average Bonchev–Trinajstić information content (AvgIpc) is 2.85. The standard InChI is InChI=1S/C22H24ClFN4O3S/c1-12-9-13(23)11-26-17(12)18(29)27-14-5-6-16(24)15(10-14)22(4)21(3)8-7-20(2,19(25)28-22)32(21,30)31/h5-6,9-11H,7-8H2,1-4H3,(H2,25,28)(H,27,29)/t20-,21+,22-/m1/s1. The van der Waals surface area contributed by atoms with Crippen LogP contribution in [0.4, 0.5) is 10.1 Å². The number of amidine groups is 1. The molecule has 4 rings (SSSR count). The molecule has 3 N–H and O–H groups in total. The van der Waals surface area contributed by atoms with Crippen LogP contribution in [0.5, 0.6) is 0 Å². The molecule has 0 aliphatic carbocycles. The maximum Gasteiger partial charge on any atom is 0.274 e. The lowest BCUT2D eigenvalue weighted by atomic mass is 9.78. The van der Waals surface area contributed by atoms with Gasteiger partial charge in [-0.25, -0.2) is 17.8 Å². The number of hydrogen-bond donors (Lipinski definition) is 2. The maximum atomic E-state index is 15.1. The quantitative estimate of drug-likeness (QED) is 0.697. The number of sulfone groups is 1. The van der Waals surface area contributed by atoms with Crippen LogP contribution in [0, 0.1) is 12.7 Å². The Labute approximate surface area is 191 Å². The molecule has 1 aromatic heterocycles. The predicted molar refractivity (Wildman–Crippen MR) is 122 cm³/mol. The van der Waals surface area contributed by atoms with Gasteiger partial charge in [0.05, 0.1) is 9.77 Å². The van der Waals surface area contributed by atoms with Crippen LogP contribution in [-0.2, 0) is 15.4 Å². The van der Waals surface area contributed by atoms with Crippen molar-refractivity contribution in [1.82, 2.24) is 4.98 Å². The molecule has 2 bridgehead atoms. The number of fused-ring (bicyclic) bond motifs is 2. The molecule has 170 valence electrons. The van der Waals surface area contributed by atoms with Crippen LogP contribution >= 0.6 is 11.6 Å². The van der Waals surface area contributed by atoms with Crippen LogP contribution < -0.4 is 11.1 Å². The van der Waals surface area contributed by atoms with E-state index in [1.807, 2.05) is 0 Å². The van der Waals surface area contributed by atoms with Crippen molar-refractivity contribution in [3.05, 3.63) is 58.1 Å². The molecule has 1 fully saturated rings. The number of anilines is 1. The SMILES string of the molecule is Cc1cc(Cl)cnc1C(=O)Nc1ccc(F)c([C@@]2(C)N=C(N)[C@@]3(C)CC[C@]2(C)S3(=O)=O)c1. The van der Waals surface area contributed by atoms with Crippen molar-refractivity contribution in [2.75, 3.05) is 5.32 Å². The number of nitrogens with zero attached hydrogens (tertiary/aromatic N) is 2. The van der Waals surface area contributed by atoms with Crippen molar-refractivity contribution >= 4 is 38.9 Å². The fraction of sp³-hybridized carbons (Fsp3) is 0.409. The highest BCUT2D eigenvalue weighted by Crippen LogP contribution is 2.58. The fourth-order valence-corrected chi connectivity index (χ4v) is 7.73. The summed E-state index contributed by atoms with van der Waals surface area (Å²) >= 11 is 5.90. The molecule has 2 aliphatic heterocycles. The van der Waals surface area contributed by atoms with Gasteiger partial charge >= 0.3 is 0 Å². The summed E-state index contributed by atoms with van der Waals surface area (Å²) < 4.78 is 39.4. The summed E-state index contributed by atoms with van der Waals surface area (Å²) in [5, 5.41) is 3.10. The van der Waals surface area contributed by atoms with Gasteiger partial charge in [0, 0.05) is 17.4 Å². The topological polar surface area (TPSA) is 115 Å². The number of hydrogen-bond acceptors (Lipinski definition) is 6. The second-order valence-corrected chi connectivity index (χ2v) is 12.2. The van der Waals surface area contributed by atoms with Gasteiger partial charge in [0.2, 0.25) is 0 Å². The van der Waals surface area contributed by atoms with Gasteiger partial charge < -0.3 is 11.1 Å². The molecular formula is C22H24ClFN4O3S. The zero-order valence-corrected chi connectivity index (χ0v) is 19.7. The van der Waals surface area contributed by atoms with Gasteiger partial charge in [-0.05, 0) is 70.4 Å². The van der Waals surface area contributed by atoms with E-state index in [1.54, 1.807) is 33.8 Å². The van der Waals surface area contributed by atoms with Crippen molar-refractivity contribution in [3.8, 4) is 0 Å². The third-order valence-electron chi connectivity index (χ3n) is 7.19. The van der Waals surface area contributed by atoms with Crippen molar-refractivity contribution in [2.24, 2.45) is 10.7 Å². The Morgan fingerprint density at radius 1 is 1.22 bits per heavy atom. The second-order valence-electron chi connectivity index (χ2n) is 9.00. The van der Waals surface area contributed by atoms with E-state index >= 15 is 4.39 Å². The van der Waals surface area contributed by atoms with Gasteiger partial charge in [0.25, 0.3) is 5.91 Å². The summed E-state index contributed by atoms with van der Waals surface area (Å²) in [6, 6.07) is 5.61. The van der Waals surface area contributed by atoms with E-state index in [4.69, 9.17) is 17.3 Å². The van der Waals surface area contributed by atoms with Gasteiger partial charge in [-0.2, -0.15) is 0 Å². The molecule has 7 nitrogen and oxygen atoms in total. The fourth-order valence-electron chi connectivity index (χ4n) is 4.78. The number of amides is 1. The Morgan fingerprint density at radius 3 is 2.56 bits per heavy atom. The van der Waals surface area contributed by atoms with Gasteiger partial charge in [-0.15, -0.1) is 0 Å². The van der Waals surface area contributed by atoms with Crippen LogP contribution in [0.2, 0.25) is 5.02 Å². The number of benzene rings is 1. The van der Waals surface area contributed by atoms with Crippen molar-refractivity contribution in [1.29, 1.82) is 0 Å². The Hall–Kier alpha value is -2.52. The molecule has 2 aliphatic rings. The Kier molecular flexibility index (Phi) is 4.95. The molecule has 3 heterocycles. The number of halogens is 2. The molecule has 3 atom stereocenters. The van der Waals surface area contributed by atoms with Gasteiger partial charge in [-0.1, -0.05) is 11.6 Å². The highest BCUT2D eigenvalue weighted by molar-refractivity contribution is 7.95. The number of nitrogens with two attached hydrogens (primary N) is 1. The van der Waals surface area contributed by atoms with Crippen LogP contribution in [0.25, 0.3) is 0 Å². The Bertz CT molecular complexity index is 1300. The molecule has 1 saturated heterocycles. The van der Waals surface area contributed by atoms with Crippen LogP contribution in [0.15, 0.2) is 35.5 Å². The van der Waals surface area contributed by atoms with E-state index in [0.717, 1.165) is 0 Å². The third-order valence-corrected chi connectivity index (χ3v) is 10.8. The molecule has 1 aromatic carbocycles. The molecule has 1 amide bonds. The Morgan fingerprint density at radius 2 is 1.91 bits per heavy atom. The second kappa shape index (κ2) is 6.99. The molecule has 32 heavy (non-hydrogen) atoms. The lowest BCUT2D eigenvalue weighted by Gasteiger charge is -2.46. The van der Waals surface area contributed by atoms with Crippen LogP contribution in [0.3, 0.4) is 0 Å². The van der Waals surface area contributed by atoms with E-state index in [0.29, 0.717) is 17.0 Å². The summed E-state index contributed by atoms with van der Waals surface area (Å²) in [5.74, 6) is -1.15. The lowest BCUT2D eigenvalue weighted by Crippen LogP contribution is -2.61. The minimum atomic E-state index is -3.77. The number of nitrogens with one attached hydrogen (secondary N) is 1. The van der Waals surface area contributed by atoms with E-state index in [9.17, 15) is 13.2 Å². The summed E-state index contributed by atoms with van der Waals surface area (Å²) in [7, 11) is -3.77. The molecule has 0 radical (unpaired) electrons. The summed E-state index contributed by atoms with van der Waals surface area (Å²) in [6.07, 6.45) is 1.97. The summed E-state index contributed by atoms with van der Waals surface area (Å²) in [4.78, 5) is 21.3. The highest BCUT2D eigenvalue weighted by atomic mass is 35.5. The van der Waals surface area contributed by atoms with E-state index in [1.165, 1.54) is 24.4 Å². The molecular weight excluding hydrogens is 455 g/mol. The smallest absolute Gasteiger partial charge is 0.274 e. The number of aromatic nitrogens is 1. The zero-order valence-electron chi connectivity index (χ0n) is 18.2. The molecule has 2 aromatic rings. The van der Waals surface area contributed by atoms with E-state index in [2.05, 4.69) is 15.3 Å². The van der Waals surface area contributed by atoms with Gasteiger partial charge in [0.1, 0.15) is 27.6 Å². The molecule has 0 unspecified atom stereocenters. The summed E-state index contributed by atoms with van der Waals surface area (Å²) in [6.45, 7) is 6.44. The largest absolute Gasteiger partial charge is 0.386 e. The third kappa shape index (κ3) is 2.83. The Balaban J connectivity index is 1.79. The molecule has 10 heteroatoms. The van der Waals surface area contributed by atoms with Crippen LogP contribution in [-0.4, -0.2) is 34.6 Å². The first-order valence-electron chi connectivity index (χ1n) is 10.1. The first-order valence-corrected chi connectivity index (χ1v) is 12.0. The minimum absolute atomic E-state index is 0.0233. The van der Waals surface area contributed by atoms with E-state index < -0.39 is 36.6 Å². The van der Waals surface area contributed by atoms with Crippen LogP contribution in [0.1, 0.15) is 55.2 Å². The normalized spacial score (nSPS) is 30.6. The molecule has 0 spiro atoms. The first-order chi connectivity index (χ1) is 14.8. The monoisotopic (exact) mass is 478 g/mol. The van der Waals surface area contributed by atoms with Crippen molar-refractivity contribution < 1.29 is 17.6 Å². The van der Waals surface area contributed by atoms with Crippen molar-refractivity contribution in [3.63, 3.8) is 0 Å². The zero-order chi connectivity index (χ0) is 23.7. The van der Waals surface area contributed by atoms with E-state index in [-0.39, 0.29) is 29.2 Å². The number of carbonyl (C=O) groups excluding carboxylic acids is 1. The summed E-state index contributed by atoms with van der Waals surface area (Å²) in [5.41, 5.74) is 5.75. The van der Waals surface area contributed by atoms with Crippen molar-refractivity contribution in [2.45, 2.75) is 55.6 Å². The molecule has 0 saturated carbocycles. The highest BCUT2D eigenvalue weighted by Gasteiger charge is 2.70. The number of aliphatic imine (C=N–C) groups is 1. The first kappa shape index (κ1) is 22.7. The predicted octanol–water partition coefficient (Wildman–Crippen LogP) is 3.75. The lowest BCUT2D eigenvalue weighted by molar-refractivity contribution is 0.102. The van der Waals surface area contributed by atoms with Gasteiger partial charge in [-0.3, -0.25) is 9.79 Å². The maximum absolute atomic E-state index is 15.1. The number of rotatable bonds is 3. The number of aryl methyl sites for hydroxylation is 1.